The molecule has 14 rings (SSSR count). The smallest absolute Gasteiger partial charge is 0.159 e. The zero-order chi connectivity index (χ0) is 46.1. The summed E-state index contributed by atoms with van der Waals surface area (Å²) in [6, 6.07) is 75.1. The van der Waals surface area contributed by atoms with Crippen LogP contribution in [0.25, 0.3) is 87.3 Å². The summed E-state index contributed by atoms with van der Waals surface area (Å²) < 4.78 is 13.5. The number of benzene rings is 11. The molecule has 0 amide bonds. The van der Waals surface area contributed by atoms with Crippen LogP contribution in [0.5, 0.6) is 0 Å². The van der Waals surface area contributed by atoms with Crippen molar-refractivity contribution in [1.82, 2.24) is 0 Å². The van der Waals surface area contributed by atoms with Crippen molar-refractivity contribution in [3.05, 3.63) is 229 Å². The van der Waals surface area contributed by atoms with Gasteiger partial charge in [0.25, 0.3) is 0 Å². The van der Waals surface area contributed by atoms with Gasteiger partial charge in [-0.15, -0.1) is 0 Å². The second-order valence-corrected chi connectivity index (χ2v) is 19.4. The lowest BCUT2D eigenvalue weighted by Crippen LogP contribution is -2.17. The number of anilines is 6. The van der Waals surface area contributed by atoms with Crippen LogP contribution in [0.15, 0.2) is 215 Å². The van der Waals surface area contributed by atoms with Crippen molar-refractivity contribution >= 4 is 110 Å². The topological polar surface area (TPSA) is 32.8 Å². The van der Waals surface area contributed by atoms with Gasteiger partial charge in [0.05, 0.1) is 17.1 Å². The molecule has 4 nitrogen and oxygen atoms in total. The first-order valence-corrected chi connectivity index (χ1v) is 23.9. The Kier molecular flexibility index (Phi) is 8.43. The molecule has 0 spiro atoms. The Morgan fingerprint density at radius 2 is 0.797 bits per heavy atom. The zero-order valence-electron chi connectivity index (χ0n) is 38.8. The zero-order valence-corrected chi connectivity index (χ0v) is 38.8. The lowest BCUT2D eigenvalue weighted by Gasteiger charge is -2.30. The van der Waals surface area contributed by atoms with Crippen LogP contribution >= 0.6 is 0 Å². The normalized spacial score (nSPS) is 13.0. The summed E-state index contributed by atoms with van der Waals surface area (Å²) in [5.41, 5.74) is 17.2. The molecule has 0 unspecified atom stereocenters. The molecule has 0 saturated carbocycles. The largest absolute Gasteiger partial charge is 0.454 e. The molecule has 0 aliphatic heterocycles. The molecule has 0 N–H and O–H groups in total. The fourth-order valence-corrected chi connectivity index (χ4v) is 11.7. The van der Waals surface area contributed by atoms with E-state index in [2.05, 4.69) is 232 Å². The van der Waals surface area contributed by atoms with E-state index in [1.54, 1.807) is 0 Å². The van der Waals surface area contributed by atoms with E-state index in [1.807, 2.05) is 12.1 Å². The number of rotatable bonds is 6. The number of para-hydroxylation sites is 4. The van der Waals surface area contributed by atoms with Crippen molar-refractivity contribution in [3.63, 3.8) is 0 Å². The Hall–Kier alpha value is -8.60. The Bertz CT molecular complexity index is 4250. The molecule has 0 saturated heterocycles. The molecule has 4 heteroatoms. The standard InChI is InChI=1S/C65H46N2O2/c1-39-27-31-41(32-28-39)66(55-23-13-21-51-46-17-9-11-25-58(46)68-63(51)55)43-35-36-50-53(37-43)44-15-5-7-19-48(44)61-60-49-20-8-6-16-45(49)57(38-54(60)65(3,4)62(50)61)67(42-33-29-40(2)30-34-42)56-24-14-22-52-47-18-10-12-26-59(47)69-64(52)56/h5-38H,1-4H3. The van der Waals surface area contributed by atoms with Gasteiger partial charge in [-0.3, -0.25) is 0 Å². The van der Waals surface area contributed by atoms with Gasteiger partial charge in [-0.25, -0.2) is 0 Å². The molecule has 1 aliphatic carbocycles. The minimum atomic E-state index is -0.381. The molecule has 0 atom stereocenters. The quantitative estimate of drug-likeness (QED) is 0.156. The highest BCUT2D eigenvalue weighted by Gasteiger charge is 2.41. The van der Waals surface area contributed by atoms with Crippen LogP contribution in [0, 0.1) is 13.8 Å². The minimum Gasteiger partial charge on any atom is -0.454 e. The Balaban J connectivity index is 1.02. The first-order chi connectivity index (χ1) is 33.8. The molecule has 0 bridgehead atoms. The first kappa shape index (κ1) is 39.6. The van der Waals surface area contributed by atoms with E-state index in [0.717, 1.165) is 78.0 Å². The third-order valence-electron chi connectivity index (χ3n) is 14.9. The van der Waals surface area contributed by atoms with Crippen LogP contribution in [0.1, 0.15) is 36.1 Å². The van der Waals surface area contributed by atoms with Gasteiger partial charge in [-0.1, -0.05) is 165 Å². The number of nitrogens with zero attached hydrogens (tertiary/aromatic N) is 2. The maximum absolute atomic E-state index is 6.80. The average molecular weight is 887 g/mol. The van der Waals surface area contributed by atoms with E-state index < -0.39 is 0 Å². The van der Waals surface area contributed by atoms with Gasteiger partial charge < -0.3 is 18.6 Å². The van der Waals surface area contributed by atoms with Gasteiger partial charge in [-0.05, 0) is 130 Å². The Morgan fingerprint density at radius 1 is 0.333 bits per heavy atom. The van der Waals surface area contributed by atoms with E-state index in [4.69, 9.17) is 8.83 Å². The van der Waals surface area contributed by atoms with Crippen molar-refractivity contribution in [2.45, 2.75) is 33.1 Å². The van der Waals surface area contributed by atoms with Crippen molar-refractivity contribution < 1.29 is 8.83 Å². The molecule has 69 heavy (non-hydrogen) atoms. The number of furan rings is 2. The molecule has 2 heterocycles. The lowest BCUT2D eigenvalue weighted by molar-refractivity contribution is 0.666. The van der Waals surface area contributed by atoms with Gasteiger partial charge in [0.2, 0.25) is 0 Å². The summed E-state index contributed by atoms with van der Waals surface area (Å²) in [5.74, 6) is 0. The van der Waals surface area contributed by atoms with Crippen LogP contribution in [0.3, 0.4) is 0 Å². The molecule has 1 aliphatic rings. The van der Waals surface area contributed by atoms with Crippen LogP contribution < -0.4 is 9.80 Å². The number of hydrogen-bond acceptors (Lipinski definition) is 4. The molecule has 0 fully saturated rings. The highest BCUT2D eigenvalue weighted by atomic mass is 16.3. The second-order valence-electron chi connectivity index (χ2n) is 19.4. The average Bonchev–Trinajstić information content (AvgIpc) is 4.04. The first-order valence-electron chi connectivity index (χ1n) is 23.9. The predicted octanol–water partition coefficient (Wildman–Crippen LogP) is 18.8. The maximum Gasteiger partial charge on any atom is 0.159 e. The van der Waals surface area contributed by atoms with Crippen molar-refractivity contribution in [2.24, 2.45) is 0 Å². The predicted molar refractivity (Wildman–Crippen MR) is 290 cm³/mol. The summed E-state index contributed by atoms with van der Waals surface area (Å²) in [6.07, 6.45) is 0. The number of hydrogen-bond donors (Lipinski definition) is 0. The molecule has 2 aromatic heterocycles. The Labute approximate surface area is 399 Å². The molecular formula is C65H46N2O2. The summed E-state index contributed by atoms with van der Waals surface area (Å²) in [6.45, 7) is 9.14. The van der Waals surface area contributed by atoms with Gasteiger partial charge in [-0.2, -0.15) is 0 Å². The fraction of sp³-hybridized carbons (Fsp3) is 0.0769. The molecule has 0 radical (unpaired) electrons. The van der Waals surface area contributed by atoms with E-state index in [1.165, 1.54) is 65.7 Å². The molecule has 11 aromatic carbocycles. The van der Waals surface area contributed by atoms with Crippen LogP contribution in [-0.4, -0.2) is 0 Å². The van der Waals surface area contributed by atoms with Gasteiger partial charge in [0, 0.05) is 49.4 Å². The minimum absolute atomic E-state index is 0.381. The van der Waals surface area contributed by atoms with E-state index >= 15 is 0 Å². The number of fused-ring (bicyclic) bond motifs is 16. The molecule has 13 aromatic rings. The summed E-state index contributed by atoms with van der Waals surface area (Å²) in [7, 11) is 0. The lowest BCUT2D eigenvalue weighted by atomic mass is 9.79. The maximum atomic E-state index is 6.80. The molecular weight excluding hydrogens is 841 g/mol. The van der Waals surface area contributed by atoms with E-state index in [9.17, 15) is 0 Å². The number of aryl methyl sites for hydroxylation is 2. The van der Waals surface area contributed by atoms with Crippen LogP contribution in [-0.2, 0) is 5.41 Å². The van der Waals surface area contributed by atoms with Crippen molar-refractivity contribution in [1.29, 1.82) is 0 Å². The van der Waals surface area contributed by atoms with Crippen molar-refractivity contribution in [2.75, 3.05) is 9.80 Å². The van der Waals surface area contributed by atoms with E-state index in [-0.39, 0.29) is 5.41 Å². The highest BCUT2D eigenvalue weighted by molar-refractivity contribution is 6.23. The summed E-state index contributed by atoms with van der Waals surface area (Å²) in [5, 5.41) is 11.8. The monoisotopic (exact) mass is 886 g/mol. The second kappa shape index (κ2) is 14.7. The van der Waals surface area contributed by atoms with Gasteiger partial charge in [0.1, 0.15) is 11.2 Å². The van der Waals surface area contributed by atoms with Gasteiger partial charge in [0.15, 0.2) is 11.2 Å². The van der Waals surface area contributed by atoms with Gasteiger partial charge >= 0.3 is 0 Å². The highest BCUT2D eigenvalue weighted by Crippen LogP contribution is 2.59. The fourth-order valence-electron chi connectivity index (χ4n) is 11.7. The third kappa shape index (κ3) is 5.76. The van der Waals surface area contributed by atoms with E-state index in [0.29, 0.717) is 0 Å². The summed E-state index contributed by atoms with van der Waals surface area (Å²) >= 11 is 0. The van der Waals surface area contributed by atoms with Crippen LogP contribution in [0.2, 0.25) is 0 Å². The van der Waals surface area contributed by atoms with Crippen molar-refractivity contribution in [3.8, 4) is 11.1 Å². The third-order valence-corrected chi connectivity index (χ3v) is 14.9. The SMILES string of the molecule is Cc1ccc(N(c2ccc3c4c(c5ccccc5c3c2)-c2c(cc(N(c3ccc(C)cc3)c3cccc5c3oc3ccccc35)c3ccccc23)C4(C)C)c2cccc3c2oc2ccccc23)cc1. The molecule has 328 valence electrons. The van der Waals surface area contributed by atoms with Crippen LogP contribution in [0.4, 0.5) is 34.1 Å². The Morgan fingerprint density at radius 3 is 1.39 bits per heavy atom. The summed E-state index contributed by atoms with van der Waals surface area (Å²) in [4.78, 5) is 4.80.